The summed E-state index contributed by atoms with van der Waals surface area (Å²) < 4.78 is 5.52. The van der Waals surface area contributed by atoms with Gasteiger partial charge in [0.1, 0.15) is 5.58 Å². The van der Waals surface area contributed by atoms with E-state index >= 15 is 0 Å². The van der Waals surface area contributed by atoms with E-state index in [1.165, 1.54) is 12.3 Å². The third-order valence-electron chi connectivity index (χ3n) is 4.10. The second kappa shape index (κ2) is 7.02. The van der Waals surface area contributed by atoms with Crippen molar-refractivity contribution in [1.82, 2.24) is 10.2 Å². The number of carbonyl (C=O) groups is 1. The zero-order valence-electron chi connectivity index (χ0n) is 13.8. The van der Waals surface area contributed by atoms with Crippen LogP contribution in [0.1, 0.15) is 27.2 Å². The van der Waals surface area contributed by atoms with Gasteiger partial charge in [-0.05, 0) is 48.0 Å². The lowest BCUT2D eigenvalue weighted by Crippen LogP contribution is -2.08. The van der Waals surface area contributed by atoms with Gasteiger partial charge in [0.15, 0.2) is 5.78 Å². The number of halogens is 2. The van der Waals surface area contributed by atoms with Gasteiger partial charge in [0.25, 0.3) is 5.56 Å². The maximum atomic E-state index is 13.1. The van der Waals surface area contributed by atoms with Crippen LogP contribution in [0.4, 0.5) is 0 Å². The molecule has 0 saturated carbocycles. The van der Waals surface area contributed by atoms with Crippen molar-refractivity contribution in [2.75, 3.05) is 0 Å². The van der Waals surface area contributed by atoms with Crippen LogP contribution in [0.25, 0.3) is 11.0 Å². The molecular weight excluding hydrogens is 387 g/mol. The molecule has 0 fully saturated rings. The lowest BCUT2D eigenvalue weighted by molar-refractivity contribution is 0.103. The first-order chi connectivity index (χ1) is 13.0. The largest absolute Gasteiger partial charge is 0.464 e. The number of aromatic nitrogens is 2. The zero-order chi connectivity index (χ0) is 19.0. The third-order valence-corrected chi connectivity index (χ3v) is 4.54. The number of ketones is 1. The molecular formula is C20H12Cl2N2O3. The fraction of sp³-hybridized carbons (Fsp3) is 0.0500. The second-order valence-corrected chi connectivity index (χ2v) is 6.93. The molecule has 0 amide bonds. The van der Waals surface area contributed by atoms with E-state index in [0.717, 1.165) is 10.9 Å². The molecule has 7 heteroatoms. The molecule has 0 radical (unpaired) electrons. The smallest absolute Gasteiger partial charge is 0.264 e. The van der Waals surface area contributed by atoms with Crippen LogP contribution in [0.15, 0.2) is 64.0 Å². The van der Waals surface area contributed by atoms with Crippen LogP contribution in [0, 0.1) is 0 Å². The zero-order valence-corrected chi connectivity index (χ0v) is 15.3. The minimum absolute atomic E-state index is 0.240. The normalized spacial score (nSPS) is 11.0. The topological polar surface area (TPSA) is 76.0 Å². The molecule has 27 heavy (non-hydrogen) atoms. The average Bonchev–Trinajstić information content (AvgIpc) is 3.10. The second-order valence-electron chi connectivity index (χ2n) is 6.06. The fourth-order valence-corrected chi connectivity index (χ4v) is 3.46. The number of rotatable bonds is 4. The molecule has 0 aliphatic heterocycles. The number of fused-ring (bicyclic) bond motifs is 1. The van der Waals surface area contributed by atoms with E-state index in [4.69, 9.17) is 27.6 Å². The summed E-state index contributed by atoms with van der Waals surface area (Å²) in [7, 11) is 0. The monoisotopic (exact) mass is 398 g/mol. The van der Waals surface area contributed by atoms with Crippen LogP contribution in [0.5, 0.6) is 0 Å². The quantitative estimate of drug-likeness (QED) is 0.507. The SMILES string of the molecule is O=C(c1cc(Cl)cc(Cl)c1)c1cc(Cc2ccc(=O)[nH]n2)cc2ccoc12. The summed E-state index contributed by atoms with van der Waals surface area (Å²) in [4.78, 5) is 24.2. The van der Waals surface area contributed by atoms with Crippen molar-refractivity contribution >= 4 is 40.0 Å². The number of hydrogen-bond acceptors (Lipinski definition) is 4. The van der Waals surface area contributed by atoms with E-state index in [0.29, 0.717) is 38.9 Å². The minimum atomic E-state index is -0.266. The molecule has 0 aliphatic rings. The Bertz CT molecular complexity index is 1190. The number of aromatic amines is 1. The molecule has 2 aromatic carbocycles. The molecule has 2 heterocycles. The molecule has 1 N–H and O–H groups in total. The molecule has 0 saturated heterocycles. The predicted octanol–water partition coefficient (Wildman–Crippen LogP) is 4.64. The Labute approximate surface area is 163 Å². The van der Waals surface area contributed by atoms with Gasteiger partial charge in [0.05, 0.1) is 17.5 Å². The van der Waals surface area contributed by atoms with Crippen LogP contribution >= 0.6 is 23.2 Å². The maximum absolute atomic E-state index is 13.1. The maximum Gasteiger partial charge on any atom is 0.264 e. The highest BCUT2D eigenvalue weighted by atomic mass is 35.5. The van der Waals surface area contributed by atoms with Crippen molar-refractivity contribution in [2.24, 2.45) is 0 Å². The first-order valence-corrected chi connectivity index (χ1v) is 8.81. The van der Waals surface area contributed by atoms with Gasteiger partial charge < -0.3 is 4.42 Å². The van der Waals surface area contributed by atoms with Gasteiger partial charge in [-0.2, -0.15) is 5.10 Å². The van der Waals surface area contributed by atoms with Crippen molar-refractivity contribution in [3.8, 4) is 0 Å². The summed E-state index contributed by atoms with van der Waals surface area (Å²) in [5.74, 6) is -0.240. The van der Waals surface area contributed by atoms with E-state index in [-0.39, 0.29) is 11.3 Å². The van der Waals surface area contributed by atoms with Gasteiger partial charge >= 0.3 is 0 Å². The molecule has 0 bridgehead atoms. The number of hydrogen-bond donors (Lipinski definition) is 1. The Hall–Kier alpha value is -2.89. The Morgan fingerprint density at radius 2 is 1.81 bits per heavy atom. The summed E-state index contributed by atoms with van der Waals surface area (Å²) in [5.41, 5.74) is 2.56. The van der Waals surface area contributed by atoms with Crippen molar-refractivity contribution in [1.29, 1.82) is 0 Å². The predicted molar refractivity (Wildman–Crippen MR) is 104 cm³/mol. The van der Waals surface area contributed by atoms with Crippen molar-refractivity contribution in [3.63, 3.8) is 0 Å². The van der Waals surface area contributed by atoms with E-state index in [9.17, 15) is 9.59 Å². The summed E-state index contributed by atoms with van der Waals surface area (Å²) in [5, 5.41) is 7.99. The van der Waals surface area contributed by atoms with Gasteiger partial charge in [-0.3, -0.25) is 9.59 Å². The summed E-state index contributed by atoms with van der Waals surface area (Å²) in [6.07, 6.45) is 1.99. The molecule has 0 unspecified atom stereocenters. The molecule has 0 atom stereocenters. The lowest BCUT2D eigenvalue weighted by atomic mass is 9.97. The van der Waals surface area contributed by atoms with E-state index < -0.39 is 0 Å². The standard InChI is InChI=1S/C20H12Cl2N2O3/c21-14-8-13(9-15(22)10-14)19(26)17-7-11(5-12-3-4-27-20(12)17)6-16-1-2-18(25)24-23-16/h1-5,7-10H,6H2,(H,24,25). The van der Waals surface area contributed by atoms with Crippen molar-refractivity contribution in [3.05, 3.63) is 97.6 Å². The molecule has 134 valence electrons. The number of furan rings is 1. The van der Waals surface area contributed by atoms with E-state index in [2.05, 4.69) is 10.2 Å². The molecule has 0 spiro atoms. The van der Waals surface area contributed by atoms with Gasteiger partial charge in [0, 0.05) is 33.5 Å². The molecule has 4 rings (SSSR count). The lowest BCUT2D eigenvalue weighted by Gasteiger charge is -2.07. The van der Waals surface area contributed by atoms with Crippen LogP contribution in [0.3, 0.4) is 0 Å². The van der Waals surface area contributed by atoms with Crippen LogP contribution in [-0.4, -0.2) is 16.0 Å². The molecule has 0 aliphatic carbocycles. The third kappa shape index (κ3) is 3.65. The number of carbonyl (C=O) groups excluding carboxylic acids is 1. The summed E-state index contributed by atoms with van der Waals surface area (Å²) >= 11 is 12.1. The Kier molecular flexibility index (Phi) is 4.56. The highest BCUT2D eigenvalue weighted by Crippen LogP contribution is 2.28. The Balaban J connectivity index is 1.79. The van der Waals surface area contributed by atoms with Gasteiger partial charge in [0.2, 0.25) is 0 Å². The van der Waals surface area contributed by atoms with E-state index in [1.807, 2.05) is 6.07 Å². The number of benzene rings is 2. The van der Waals surface area contributed by atoms with E-state index in [1.54, 1.807) is 36.4 Å². The van der Waals surface area contributed by atoms with Crippen molar-refractivity contribution < 1.29 is 9.21 Å². The van der Waals surface area contributed by atoms with Gasteiger partial charge in [-0.15, -0.1) is 0 Å². The average molecular weight is 399 g/mol. The first-order valence-electron chi connectivity index (χ1n) is 8.05. The molecule has 2 aromatic heterocycles. The highest BCUT2D eigenvalue weighted by Gasteiger charge is 2.18. The van der Waals surface area contributed by atoms with Crippen LogP contribution in [0.2, 0.25) is 10.0 Å². The van der Waals surface area contributed by atoms with Crippen LogP contribution < -0.4 is 5.56 Å². The van der Waals surface area contributed by atoms with Crippen LogP contribution in [-0.2, 0) is 6.42 Å². The first kappa shape index (κ1) is 17.5. The number of nitrogens with one attached hydrogen (secondary N) is 1. The Morgan fingerprint density at radius 1 is 1.04 bits per heavy atom. The van der Waals surface area contributed by atoms with Crippen molar-refractivity contribution in [2.45, 2.75) is 6.42 Å². The minimum Gasteiger partial charge on any atom is -0.464 e. The fourth-order valence-electron chi connectivity index (χ4n) is 2.94. The summed E-state index contributed by atoms with van der Waals surface area (Å²) in [6, 6.07) is 13.3. The van der Waals surface area contributed by atoms with Gasteiger partial charge in [-0.25, -0.2) is 5.10 Å². The molecule has 5 nitrogen and oxygen atoms in total. The summed E-state index contributed by atoms with van der Waals surface area (Å²) in [6.45, 7) is 0. The Morgan fingerprint density at radius 3 is 2.52 bits per heavy atom. The van der Waals surface area contributed by atoms with Gasteiger partial charge in [-0.1, -0.05) is 23.2 Å². The number of nitrogens with zero attached hydrogens (tertiary/aromatic N) is 1. The highest BCUT2D eigenvalue weighted by molar-refractivity contribution is 6.35. The number of H-pyrrole nitrogens is 1. The molecule has 4 aromatic rings.